The van der Waals surface area contributed by atoms with Crippen LogP contribution >= 0.6 is 11.3 Å². The highest BCUT2D eigenvalue weighted by atomic mass is 32.1. The third-order valence-electron chi connectivity index (χ3n) is 5.10. The Kier molecular flexibility index (Phi) is 7.96. The summed E-state index contributed by atoms with van der Waals surface area (Å²) in [6.45, 7) is 1.53. The van der Waals surface area contributed by atoms with Gasteiger partial charge in [0.2, 0.25) is 5.75 Å². The molecule has 0 saturated heterocycles. The van der Waals surface area contributed by atoms with Crippen molar-refractivity contribution in [2.45, 2.75) is 6.92 Å². The summed E-state index contributed by atoms with van der Waals surface area (Å²) in [4.78, 5) is 26.2. The summed E-state index contributed by atoms with van der Waals surface area (Å²) in [7, 11) is 7.60. The van der Waals surface area contributed by atoms with Crippen LogP contribution in [0.1, 0.15) is 32.5 Å². The predicted molar refractivity (Wildman–Crippen MR) is 132 cm³/mol. The number of carbonyl (C=O) groups is 2. The van der Waals surface area contributed by atoms with Gasteiger partial charge in [0.25, 0.3) is 0 Å². The average Bonchev–Trinajstić information content (AvgIpc) is 3.36. The number of carbonyl (C=O) groups excluding carboxylic acids is 2. The zero-order valence-electron chi connectivity index (χ0n) is 19.9. The molecular formula is C26H26O7S. The molecule has 7 nitrogen and oxygen atoms in total. The van der Waals surface area contributed by atoms with Crippen molar-refractivity contribution in [3.8, 4) is 39.2 Å². The van der Waals surface area contributed by atoms with E-state index in [1.54, 1.807) is 44.6 Å². The molecule has 0 radical (unpaired) electrons. The molecule has 1 heterocycles. The Hall–Kier alpha value is -3.78. The highest BCUT2D eigenvalue weighted by molar-refractivity contribution is 7.17. The lowest BCUT2D eigenvalue weighted by Gasteiger charge is -2.14. The second kappa shape index (κ2) is 10.9. The molecule has 0 fully saturated rings. The number of ketones is 2. The number of allylic oxidation sites excluding steroid dienone is 1. The van der Waals surface area contributed by atoms with Gasteiger partial charge in [0.15, 0.2) is 34.6 Å². The molecule has 0 aliphatic heterocycles. The number of methoxy groups -OCH3 is 5. The summed E-state index contributed by atoms with van der Waals surface area (Å²) in [5.74, 6) is 2.01. The fourth-order valence-corrected chi connectivity index (χ4v) is 4.34. The summed E-state index contributed by atoms with van der Waals surface area (Å²) in [5, 5.41) is 0. The van der Waals surface area contributed by atoms with Gasteiger partial charge in [-0.05, 0) is 55.0 Å². The van der Waals surface area contributed by atoms with Gasteiger partial charge in [-0.15, -0.1) is 11.3 Å². The summed E-state index contributed by atoms with van der Waals surface area (Å²) < 4.78 is 27.1. The Bertz CT molecular complexity index is 1210. The van der Waals surface area contributed by atoms with Crippen LogP contribution in [0.5, 0.6) is 28.7 Å². The number of hydrogen-bond acceptors (Lipinski definition) is 8. The van der Waals surface area contributed by atoms with Crippen LogP contribution in [0.4, 0.5) is 0 Å². The fourth-order valence-electron chi connectivity index (χ4n) is 3.43. The van der Waals surface area contributed by atoms with Crippen LogP contribution in [0, 0.1) is 0 Å². The van der Waals surface area contributed by atoms with Crippen molar-refractivity contribution in [2.24, 2.45) is 0 Å². The highest BCUT2D eigenvalue weighted by Gasteiger charge is 2.18. The summed E-state index contributed by atoms with van der Waals surface area (Å²) in [5.41, 5.74) is 1.88. The molecule has 2 aromatic carbocycles. The third kappa shape index (κ3) is 5.07. The summed E-state index contributed by atoms with van der Waals surface area (Å²) in [6.07, 6.45) is 3.15. The monoisotopic (exact) mass is 482 g/mol. The van der Waals surface area contributed by atoms with E-state index in [2.05, 4.69) is 0 Å². The smallest absolute Gasteiger partial charge is 0.203 e. The van der Waals surface area contributed by atoms with Crippen molar-refractivity contribution < 1.29 is 33.3 Å². The van der Waals surface area contributed by atoms with Crippen molar-refractivity contribution >= 4 is 29.0 Å². The molecule has 0 spiro atoms. The van der Waals surface area contributed by atoms with Crippen molar-refractivity contribution in [2.75, 3.05) is 35.5 Å². The van der Waals surface area contributed by atoms with Crippen molar-refractivity contribution in [3.05, 3.63) is 58.5 Å². The number of rotatable bonds is 10. The van der Waals surface area contributed by atoms with Crippen LogP contribution in [-0.2, 0) is 0 Å². The van der Waals surface area contributed by atoms with Crippen LogP contribution < -0.4 is 23.7 Å². The molecule has 0 amide bonds. The van der Waals surface area contributed by atoms with Crippen molar-refractivity contribution in [1.29, 1.82) is 0 Å². The van der Waals surface area contributed by atoms with Crippen molar-refractivity contribution in [3.63, 3.8) is 0 Å². The lowest BCUT2D eigenvalue weighted by Crippen LogP contribution is -2.00. The molecular weight excluding hydrogens is 456 g/mol. The van der Waals surface area contributed by atoms with E-state index in [9.17, 15) is 9.59 Å². The van der Waals surface area contributed by atoms with E-state index in [1.165, 1.54) is 45.7 Å². The SMILES string of the molecule is COc1cc(C(=O)/C=C/c2cc(OC)c(OC)c(-c3ccc(C(C)=O)s3)c2)cc(OC)c1OC. The van der Waals surface area contributed by atoms with E-state index in [-0.39, 0.29) is 11.6 Å². The van der Waals surface area contributed by atoms with E-state index in [1.807, 2.05) is 12.1 Å². The Balaban J connectivity index is 2.01. The van der Waals surface area contributed by atoms with Gasteiger partial charge < -0.3 is 23.7 Å². The maximum atomic E-state index is 12.9. The second-order valence-electron chi connectivity index (χ2n) is 7.14. The lowest BCUT2D eigenvalue weighted by molar-refractivity contribution is 0.101. The minimum absolute atomic E-state index is 0.00539. The number of hydrogen-bond donors (Lipinski definition) is 0. The first kappa shape index (κ1) is 24.9. The van der Waals surface area contributed by atoms with Gasteiger partial charge in [0.1, 0.15) is 0 Å². The van der Waals surface area contributed by atoms with Gasteiger partial charge in [-0.1, -0.05) is 6.08 Å². The van der Waals surface area contributed by atoms with Crippen molar-refractivity contribution in [1.82, 2.24) is 0 Å². The molecule has 178 valence electrons. The minimum Gasteiger partial charge on any atom is -0.493 e. The topological polar surface area (TPSA) is 80.3 Å². The zero-order chi connectivity index (χ0) is 24.8. The van der Waals surface area contributed by atoms with Gasteiger partial charge in [-0.3, -0.25) is 9.59 Å². The van der Waals surface area contributed by atoms with Gasteiger partial charge in [-0.2, -0.15) is 0 Å². The first-order valence-electron chi connectivity index (χ1n) is 10.3. The molecule has 0 bridgehead atoms. The Morgan fingerprint density at radius 2 is 1.35 bits per heavy atom. The number of benzene rings is 2. The van der Waals surface area contributed by atoms with Crippen LogP contribution in [0.15, 0.2) is 42.5 Å². The van der Waals surface area contributed by atoms with E-state index < -0.39 is 0 Å². The second-order valence-corrected chi connectivity index (χ2v) is 8.22. The molecule has 0 N–H and O–H groups in total. The molecule has 0 aliphatic carbocycles. The Morgan fingerprint density at radius 1 is 0.765 bits per heavy atom. The molecule has 0 saturated carbocycles. The predicted octanol–water partition coefficient (Wildman–Crippen LogP) is 5.56. The molecule has 0 unspecified atom stereocenters. The van der Waals surface area contributed by atoms with Gasteiger partial charge in [-0.25, -0.2) is 0 Å². The summed E-state index contributed by atoms with van der Waals surface area (Å²) in [6, 6.07) is 10.5. The molecule has 8 heteroatoms. The lowest BCUT2D eigenvalue weighted by atomic mass is 10.0. The van der Waals surface area contributed by atoms with Crippen LogP contribution in [-0.4, -0.2) is 47.1 Å². The Morgan fingerprint density at radius 3 is 1.85 bits per heavy atom. The third-order valence-corrected chi connectivity index (χ3v) is 6.32. The van der Waals surface area contributed by atoms with Crippen LogP contribution in [0.2, 0.25) is 0 Å². The van der Waals surface area contributed by atoms with Gasteiger partial charge in [0, 0.05) is 16.0 Å². The Labute approximate surface area is 202 Å². The maximum Gasteiger partial charge on any atom is 0.203 e. The molecule has 3 rings (SSSR count). The highest BCUT2D eigenvalue weighted by Crippen LogP contribution is 2.42. The quantitative estimate of drug-likeness (QED) is 0.277. The largest absolute Gasteiger partial charge is 0.493 e. The molecule has 3 aromatic rings. The first-order chi connectivity index (χ1) is 16.4. The molecule has 1 aromatic heterocycles. The van der Waals surface area contributed by atoms with E-state index in [0.29, 0.717) is 39.2 Å². The molecule has 0 atom stereocenters. The standard InChI is InChI=1S/C26H26O7S/c1-15(27)23-9-10-24(34-23)18-11-16(12-20(29-2)25(18)32-5)7-8-19(28)17-13-21(30-3)26(33-6)22(14-17)31-4/h7-14H,1-6H3/b8-7+. The maximum absolute atomic E-state index is 12.9. The average molecular weight is 483 g/mol. The van der Waals surface area contributed by atoms with Gasteiger partial charge >= 0.3 is 0 Å². The summed E-state index contributed by atoms with van der Waals surface area (Å²) >= 11 is 1.37. The normalized spacial score (nSPS) is 10.8. The zero-order valence-corrected chi connectivity index (χ0v) is 20.7. The fraction of sp³-hybridized carbons (Fsp3) is 0.231. The van der Waals surface area contributed by atoms with E-state index in [4.69, 9.17) is 23.7 Å². The van der Waals surface area contributed by atoms with E-state index >= 15 is 0 Å². The van der Waals surface area contributed by atoms with Gasteiger partial charge in [0.05, 0.1) is 40.4 Å². The minimum atomic E-state index is -0.245. The van der Waals surface area contributed by atoms with E-state index in [0.717, 1.165) is 16.0 Å². The van der Waals surface area contributed by atoms with Crippen LogP contribution in [0.25, 0.3) is 16.5 Å². The van der Waals surface area contributed by atoms with Crippen LogP contribution in [0.3, 0.4) is 0 Å². The molecule has 34 heavy (non-hydrogen) atoms. The number of ether oxygens (including phenoxy) is 5. The number of Topliss-reactive ketones (excluding diaryl/α,β-unsaturated/α-hetero) is 1. The number of thiophene rings is 1. The molecule has 0 aliphatic rings. The first-order valence-corrected chi connectivity index (χ1v) is 11.1.